The minimum Gasteiger partial charge on any atom is -0.480 e. The van der Waals surface area contributed by atoms with Crippen molar-refractivity contribution in [1.82, 2.24) is 35.1 Å². The third kappa shape index (κ3) is 8.06. The van der Waals surface area contributed by atoms with E-state index in [2.05, 4.69) is 43.1 Å². The molecule has 14 heteroatoms. The van der Waals surface area contributed by atoms with Crippen LogP contribution in [0.4, 0.5) is 23.4 Å². The van der Waals surface area contributed by atoms with Gasteiger partial charge in [-0.2, -0.15) is 9.97 Å². The van der Waals surface area contributed by atoms with E-state index in [1.165, 1.54) is 13.2 Å². The Kier molecular flexibility index (Phi) is 12.1. The number of anilines is 1. The van der Waals surface area contributed by atoms with Gasteiger partial charge in [0, 0.05) is 23.5 Å². The highest BCUT2D eigenvalue weighted by molar-refractivity contribution is 6.02. The Morgan fingerprint density at radius 2 is 1.86 bits per heavy atom. The van der Waals surface area contributed by atoms with Crippen molar-refractivity contribution in [3.05, 3.63) is 71.3 Å². The molecular formula is C42H46F4N8O2. The molecule has 3 aromatic heterocycles. The number of nitrogens with one attached hydrogen (secondary N) is 2. The molecule has 5 aromatic rings. The molecule has 0 spiro atoms. The van der Waals surface area contributed by atoms with E-state index in [1.54, 1.807) is 12.1 Å². The fourth-order valence-electron chi connectivity index (χ4n) is 8.16. The minimum absolute atomic E-state index is 0.00512. The van der Waals surface area contributed by atoms with Crippen LogP contribution in [-0.2, 0) is 6.42 Å². The first kappa shape index (κ1) is 39.1. The van der Waals surface area contributed by atoms with Gasteiger partial charge in [-0.15, -0.1) is 6.42 Å². The van der Waals surface area contributed by atoms with Crippen LogP contribution in [0.15, 0.2) is 42.7 Å². The van der Waals surface area contributed by atoms with Crippen LogP contribution in [-0.4, -0.2) is 81.3 Å². The van der Waals surface area contributed by atoms with Gasteiger partial charge in [0.2, 0.25) is 5.88 Å². The molecule has 6 heterocycles. The van der Waals surface area contributed by atoms with Gasteiger partial charge in [-0.25, -0.2) is 32.5 Å². The average Bonchev–Trinajstić information content (AvgIpc) is 3.80. The molecule has 3 aliphatic heterocycles. The largest absolute Gasteiger partial charge is 0.480 e. The van der Waals surface area contributed by atoms with Crippen molar-refractivity contribution in [2.45, 2.75) is 82.7 Å². The Morgan fingerprint density at radius 1 is 1.04 bits per heavy atom. The lowest BCUT2D eigenvalue weighted by Crippen LogP contribution is -2.43. The number of ether oxygens (including phenoxy) is 2. The molecule has 2 fully saturated rings. The molecule has 2 saturated heterocycles. The first-order valence-corrected chi connectivity index (χ1v) is 19.3. The van der Waals surface area contributed by atoms with Crippen LogP contribution in [0.2, 0.25) is 0 Å². The Bertz CT molecular complexity index is 2200. The molecule has 1 unspecified atom stereocenters. The summed E-state index contributed by atoms with van der Waals surface area (Å²) in [5, 5.41) is 8.92. The van der Waals surface area contributed by atoms with Crippen LogP contribution in [0.25, 0.3) is 32.9 Å². The molecule has 0 amide bonds. The summed E-state index contributed by atoms with van der Waals surface area (Å²) in [6, 6.07) is 8.69. The SMILES string of the molecule is C#Cc1c(F)ccc2cccc(-c3nc4c5c(nc(OCC67CCCN6CCC7)nc5c3F)NC(CNCCCC)CCC4)c12.COc1cnc(C(F)F)cn1. The zero-order chi connectivity index (χ0) is 39.2. The first-order chi connectivity index (χ1) is 27.2. The van der Waals surface area contributed by atoms with Crippen LogP contribution in [0, 0.1) is 24.0 Å². The lowest BCUT2D eigenvalue weighted by molar-refractivity contribution is 0.108. The Balaban J connectivity index is 0.000000378. The quantitative estimate of drug-likeness (QED) is 0.0779. The molecule has 8 rings (SSSR count). The normalized spacial score (nSPS) is 17.4. The summed E-state index contributed by atoms with van der Waals surface area (Å²) < 4.78 is 66.5. The van der Waals surface area contributed by atoms with Gasteiger partial charge in [-0.3, -0.25) is 4.90 Å². The van der Waals surface area contributed by atoms with E-state index >= 15 is 4.39 Å². The summed E-state index contributed by atoms with van der Waals surface area (Å²) in [6.45, 7) is 6.54. The van der Waals surface area contributed by atoms with Gasteiger partial charge < -0.3 is 20.1 Å². The van der Waals surface area contributed by atoms with Crippen molar-refractivity contribution in [1.29, 1.82) is 0 Å². The third-order valence-corrected chi connectivity index (χ3v) is 11.0. The average molecular weight is 771 g/mol. The number of hydrogen-bond donors (Lipinski definition) is 2. The van der Waals surface area contributed by atoms with Crippen molar-refractivity contribution >= 4 is 27.5 Å². The fraction of sp³-hybridized carbons (Fsp3) is 0.452. The van der Waals surface area contributed by atoms with Gasteiger partial charge in [0.15, 0.2) is 5.82 Å². The Hall–Kier alpha value is -5.13. The third-order valence-electron chi connectivity index (χ3n) is 11.0. The lowest BCUT2D eigenvalue weighted by atomic mass is 9.95. The van der Waals surface area contributed by atoms with E-state index in [-0.39, 0.29) is 45.9 Å². The smallest absolute Gasteiger partial charge is 0.319 e. The second-order valence-electron chi connectivity index (χ2n) is 14.6. The maximum absolute atomic E-state index is 16.9. The van der Waals surface area contributed by atoms with E-state index in [1.807, 2.05) is 12.1 Å². The zero-order valence-electron chi connectivity index (χ0n) is 31.7. The predicted molar refractivity (Wildman–Crippen MR) is 208 cm³/mol. The monoisotopic (exact) mass is 770 g/mol. The number of hydrogen-bond acceptors (Lipinski definition) is 10. The predicted octanol–water partition coefficient (Wildman–Crippen LogP) is 8.04. The second kappa shape index (κ2) is 17.3. The number of fused-ring (bicyclic) bond motifs is 2. The van der Waals surface area contributed by atoms with Crippen molar-refractivity contribution < 1.29 is 27.0 Å². The molecule has 0 aliphatic carbocycles. The highest BCUT2D eigenvalue weighted by atomic mass is 19.3. The highest BCUT2D eigenvalue weighted by Gasteiger charge is 2.45. The van der Waals surface area contributed by atoms with Gasteiger partial charge in [0.05, 0.1) is 41.7 Å². The maximum atomic E-state index is 16.9. The van der Waals surface area contributed by atoms with E-state index in [9.17, 15) is 13.2 Å². The summed E-state index contributed by atoms with van der Waals surface area (Å²) in [6.07, 6.45) is 14.4. The van der Waals surface area contributed by atoms with Gasteiger partial charge in [0.1, 0.15) is 35.1 Å². The van der Waals surface area contributed by atoms with Crippen LogP contribution >= 0.6 is 0 Å². The summed E-state index contributed by atoms with van der Waals surface area (Å²) in [5.41, 5.74) is 1.16. The number of aryl methyl sites for hydroxylation is 1. The Morgan fingerprint density at radius 3 is 2.57 bits per heavy atom. The number of terminal acetylenes is 1. The molecule has 2 aromatic carbocycles. The number of aromatic nitrogens is 5. The molecule has 0 saturated carbocycles. The van der Waals surface area contributed by atoms with Gasteiger partial charge in [-0.1, -0.05) is 43.5 Å². The maximum Gasteiger partial charge on any atom is 0.319 e. The molecule has 2 N–H and O–H groups in total. The van der Waals surface area contributed by atoms with Crippen LogP contribution in [0.1, 0.15) is 81.7 Å². The number of halogens is 4. The Labute approximate surface area is 323 Å². The highest BCUT2D eigenvalue weighted by Crippen LogP contribution is 2.41. The molecule has 56 heavy (non-hydrogen) atoms. The molecule has 3 aliphatic rings. The van der Waals surface area contributed by atoms with Crippen LogP contribution in [0.5, 0.6) is 11.9 Å². The molecular weight excluding hydrogens is 725 g/mol. The number of pyridine rings is 1. The number of unbranched alkanes of at least 4 members (excludes halogenated alkanes) is 1. The van der Waals surface area contributed by atoms with Crippen molar-refractivity contribution in [2.75, 3.05) is 45.2 Å². The van der Waals surface area contributed by atoms with Crippen LogP contribution < -0.4 is 20.1 Å². The second-order valence-corrected chi connectivity index (χ2v) is 14.6. The lowest BCUT2D eigenvalue weighted by Gasteiger charge is -2.31. The van der Waals surface area contributed by atoms with Gasteiger partial charge >= 0.3 is 6.01 Å². The number of nitrogens with zero attached hydrogens (tertiary/aromatic N) is 6. The van der Waals surface area contributed by atoms with Crippen LogP contribution in [0.3, 0.4) is 0 Å². The van der Waals surface area contributed by atoms with E-state index in [0.29, 0.717) is 40.9 Å². The number of methoxy groups -OCH3 is 1. The summed E-state index contributed by atoms with van der Waals surface area (Å²) in [7, 11) is 1.39. The van der Waals surface area contributed by atoms with Crippen molar-refractivity contribution in [2.24, 2.45) is 0 Å². The fourth-order valence-corrected chi connectivity index (χ4v) is 8.16. The topological polar surface area (TPSA) is 110 Å². The summed E-state index contributed by atoms with van der Waals surface area (Å²) in [5.74, 6) is 2.14. The van der Waals surface area contributed by atoms with Crippen molar-refractivity contribution in [3.63, 3.8) is 0 Å². The van der Waals surface area contributed by atoms with Crippen molar-refractivity contribution in [3.8, 4) is 35.5 Å². The van der Waals surface area contributed by atoms with E-state index < -0.39 is 18.1 Å². The molecule has 0 bridgehead atoms. The number of benzene rings is 2. The van der Waals surface area contributed by atoms with E-state index in [4.69, 9.17) is 26.1 Å². The molecule has 294 valence electrons. The minimum atomic E-state index is -2.58. The van der Waals surface area contributed by atoms with E-state index in [0.717, 1.165) is 95.3 Å². The molecule has 10 nitrogen and oxygen atoms in total. The van der Waals surface area contributed by atoms with Gasteiger partial charge in [-0.05, 0) is 82.5 Å². The first-order valence-electron chi connectivity index (χ1n) is 19.3. The molecule has 0 radical (unpaired) electrons. The molecule has 1 atom stereocenters. The standard InChI is InChI=1S/C36H40F2N6O.C6H6F2N2O/c1-3-5-18-39-21-24-11-7-13-28-30-33(42-35(43-34(30)40-24)45-22-36-16-8-19-44(36)20-9-17-36)31(38)32(41-28)26-12-6-10-23-14-15-27(37)25(4-2)29(23)26;1-11-5-3-9-4(2-10-5)6(7)8/h2,6,10,12,14-15,24,39H,3,5,7-9,11,13,16-22H2,1H3,(H,40,42,43);2-3,6H,1H3. The number of alkyl halides is 2. The zero-order valence-corrected chi connectivity index (χ0v) is 31.7. The van der Waals surface area contributed by atoms with Gasteiger partial charge in [0.25, 0.3) is 6.43 Å². The number of rotatable bonds is 11. The summed E-state index contributed by atoms with van der Waals surface area (Å²) in [4.78, 5) is 24.0. The summed E-state index contributed by atoms with van der Waals surface area (Å²) >= 11 is 0.